The van der Waals surface area contributed by atoms with Crippen LogP contribution in [0.3, 0.4) is 0 Å². The third-order valence-corrected chi connectivity index (χ3v) is 22.5. The zero-order valence-electron chi connectivity index (χ0n) is 58.8. The molecule has 23 aromatic rings. The van der Waals surface area contributed by atoms with Gasteiger partial charge in [0.15, 0.2) is 0 Å². The Morgan fingerprint density at radius 3 is 0.927 bits per heavy atom. The third kappa shape index (κ3) is 9.40. The standard InChI is InChI=1S/C100H62N8O/c1-5-23-69(24-6-1)103(70-25-7-2-8-26-70)73-47-53-95-84(61-73)77-34-16-21-39-89(77)108(95)100-101-98(106-88-38-20-15-33-76(88)81-57-65(43-50-92(81)106)68-46-54-97-85(60-68)78-35-17-22-40-96(78)109-97)62-99(102-100)107-93-51-44-66(63-41-48-90-79(55-63)74-31-13-18-36-86(74)104(90)71-27-9-3-10-28-71)58-82(93)83-59-67(45-52-94(83)107)64-42-49-91-80(56-64)75-32-14-19-37-87(75)105(91)72-29-11-4-12-30-72/h1-62H. The summed E-state index contributed by atoms with van der Waals surface area (Å²) in [6.45, 7) is 0. The normalized spacial score (nSPS) is 12.0. The van der Waals surface area contributed by atoms with Gasteiger partial charge in [0.05, 0.1) is 55.2 Å². The van der Waals surface area contributed by atoms with Gasteiger partial charge in [-0.3, -0.25) is 13.7 Å². The molecule has 109 heavy (non-hydrogen) atoms. The summed E-state index contributed by atoms with van der Waals surface area (Å²) in [4.78, 5) is 14.2. The summed E-state index contributed by atoms with van der Waals surface area (Å²) in [7, 11) is 0. The maximum absolute atomic E-state index is 6.34. The van der Waals surface area contributed by atoms with E-state index in [1.807, 2.05) is 12.1 Å². The molecule has 0 saturated carbocycles. The monoisotopic (exact) mass is 1390 g/mol. The van der Waals surface area contributed by atoms with Gasteiger partial charge in [0, 0.05) is 99.1 Å². The number of rotatable bonds is 11. The smallest absolute Gasteiger partial charge is 0.238 e. The Kier molecular flexibility index (Phi) is 13.3. The van der Waals surface area contributed by atoms with Gasteiger partial charge in [-0.2, -0.15) is 9.97 Å². The van der Waals surface area contributed by atoms with Gasteiger partial charge in [0.2, 0.25) is 5.95 Å². The molecule has 23 rings (SSSR count). The van der Waals surface area contributed by atoms with E-state index in [1.54, 1.807) is 0 Å². The highest BCUT2D eigenvalue weighted by Gasteiger charge is 2.26. The predicted octanol–water partition coefficient (Wildman–Crippen LogP) is 26.3. The van der Waals surface area contributed by atoms with E-state index in [0.29, 0.717) is 5.95 Å². The van der Waals surface area contributed by atoms with Crippen LogP contribution in [0.2, 0.25) is 0 Å². The Bertz CT molecular complexity index is 7410. The maximum atomic E-state index is 6.34. The van der Waals surface area contributed by atoms with Crippen molar-refractivity contribution in [2.45, 2.75) is 0 Å². The lowest BCUT2D eigenvalue weighted by molar-refractivity contribution is 0.669. The first-order chi connectivity index (χ1) is 54.0. The molecule has 0 bridgehead atoms. The van der Waals surface area contributed by atoms with Crippen molar-refractivity contribution < 1.29 is 4.42 Å². The molecule has 9 nitrogen and oxygen atoms in total. The minimum absolute atomic E-state index is 0.534. The molecule has 0 aliphatic heterocycles. The summed E-state index contributed by atoms with van der Waals surface area (Å²) >= 11 is 0. The van der Waals surface area contributed by atoms with Crippen LogP contribution in [0.15, 0.2) is 381 Å². The number of para-hydroxylation sites is 9. The van der Waals surface area contributed by atoms with Gasteiger partial charge in [-0.05, 0) is 203 Å². The fraction of sp³-hybridized carbons (Fsp3) is 0. The molecular formula is C100H62N8O. The van der Waals surface area contributed by atoms with E-state index < -0.39 is 0 Å². The molecule has 0 N–H and O–H groups in total. The summed E-state index contributed by atoms with van der Waals surface area (Å²) < 4.78 is 18.1. The van der Waals surface area contributed by atoms with E-state index in [2.05, 4.69) is 392 Å². The molecular weight excluding hydrogens is 1330 g/mol. The summed E-state index contributed by atoms with van der Waals surface area (Å²) in [6, 6.07) is 136. The Balaban J connectivity index is 0.772. The summed E-state index contributed by atoms with van der Waals surface area (Å²) in [5.74, 6) is 1.98. The van der Waals surface area contributed by atoms with Crippen LogP contribution in [0.4, 0.5) is 17.1 Å². The number of benzene rings is 16. The highest BCUT2D eigenvalue weighted by Crippen LogP contribution is 2.46. The van der Waals surface area contributed by atoms with Crippen molar-refractivity contribution in [2.24, 2.45) is 0 Å². The predicted molar refractivity (Wildman–Crippen MR) is 452 cm³/mol. The van der Waals surface area contributed by atoms with Gasteiger partial charge in [0.25, 0.3) is 0 Å². The van der Waals surface area contributed by atoms with E-state index in [1.165, 1.54) is 32.6 Å². The number of aromatic nitrogens is 7. The second-order valence-electron chi connectivity index (χ2n) is 28.5. The Hall–Kier alpha value is -14.8. The maximum Gasteiger partial charge on any atom is 0.238 e. The molecule has 0 atom stereocenters. The fourth-order valence-corrected chi connectivity index (χ4v) is 17.6. The molecule has 16 aromatic carbocycles. The molecule has 0 amide bonds. The van der Waals surface area contributed by atoms with Crippen LogP contribution in [-0.4, -0.2) is 32.8 Å². The number of anilines is 3. The summed E-state index contributed by atoms with van der Waals surface area (Å²) in [5.41, 5.74) is 24.6. The van der Waals surface area contributed by atoms with E-state index in [0.717, 1.165) is 172 Å². The van der Waals surface area contributed by atoms with Crippen molar-refractivity contribution >= 4 is 148 Å². The van der Waals surface area contributed by atoms with Crippen molar-refractivity contribution in [1.82, 2.24) is 32.8 Å². The van der Waals surface area contributed by atoms with Gasteiger partial charge in [-0.1, -0.05) is 200 Å². The van der Waals surface area contributed by atoms with Gasteiger partial charge < -0.3 is 18.5 Å². The summed E-state index contributed by atoms with van der Waals surface area (Å²) in [5, 5.41) is 13.6. The highest BCUT2D eigenvalue weighted by atomic mass is 16.3. The van der Waals surface area contributed by atoms with Crippen LogP contribution in [0.25, 0.3) is 193 Å². The minimum Gasteiger partial charge on any atom is -0.456 e. The van der Waals surface area contributed by atoms with Crippen LogP contribution in [-0.2, 0) is 0 Å². The molecule has 0 saturated heterocycles. The van der Waals surface area contributed by atoms with Crippen molar-refractivity contribution in [3.8, 4) is 62.3 Å². The Labute approximate surface area is 624 Å². The van der Waals surface area contributed by atoms with Gasteiger partial charge in [-0.25, -0.2) is 0 Å². The number of hydrogen-bond donors (Lipinski definition) is 0. The van der Waals surface area contributed by atoms with E-state index in [4.69, 9.17) is 14.4 Å². The van der Waals surface area contributed by atoms with Gasteiger partial charge in [0.1, 0.15) is 22.8 Å². The highest BCUT2D eigenvalue weighted by molar-refractivity contribution is 6.17. The molecule has 0 spiro atoms. The number of nitrogens with zero attached hydrogens (tertiary/aromatic N) is 8. The average Bonchev–Trinajstić information content (AvgIpc) is 1.57. The van der Waals surface area contributed by atoms with Crippen molar-refractivity contribution in [3.05, 3.63) is 376 Å². The van der Waals surface area contributed by atoms with Crippen LogP contribution >= 0.6 is 0 Å². The Morgan fingerprint density at radius 1 is 0.193 bits per heavy atom. The van der Waals surface area contributed by atoms with E-state index in [9.17, 15) is 0 Å². The van der Waals surface area contributed by atoms with Crippen LogP contribution in [0.1, 0.15) is 0 Å². The van der Waals surface area contributed by atoms with Crippen LogP contribution in [0.5, 0.6) is 0 Å². The first-order valence-electron chi connectivity index (χ1n) is 37.1. The lowest BCUT2D eigenvalue weighted by atomic mass is 9.98. The van der Waals surface area contributed by atoms with E-state index in [-0.39, 0.29) is 0 Å². The molecule has 0 unspecified atom stereocenters. The zero-order valence-corrected chi connectivity index (χ0v) is 58.8. The Morgan fingerprint density at radius 2 is 0.486 bits per heavy atom. The largest absolute Gasteiger partial charge is 0.456 e. The van der Waals surface area contributed by atoms with Crippen LogP contribution < -0.4 is 4.90 Å². The summed E-state index contributed by atoms with van der Waals surface area (Å²) in [6.07, 6.45) is 0. The van der Waals surface area contributed by atoms with Gasteiger partial charge in [-0.15, -0.1) is 0 Å². The molecule has 9 heteroatoms. The van der Waals surface area contributed by atoms with Crippen molar-refractivity contribution in [1.29, 1.82) is 0 Å². The first kappa shape index (κ1) is 60.6. The second-order valence-corrected chi connectivity index (χ2v) is 28.5. The molecule has 7 aromatic heterocycles. The SMILES string of the molecule is c1ccc(N(c2ccccc2)c2ccc3c(c2)c2ccccc2n3-c2nc(-n3c4ccccc4c4cc(-c5ccc6oc7ccccc7c6c5)ccc43)cc(-n3c4ccc(-c5ccc6c(c5)c5ccccc5n6-c5ccccc5)cc4c4cc(-c5ccc6c(c5)c5ccccc5n6-c5ccccc5)ccc43)n2)cc1. The fourth-order valence-electron chi connectivity index (χ4n) is 17.6. The zero-order chi connectivity index (χ0) is 71.4. The topological polar surface area (TPSA) is 66.8 Å². The minimum atomic E-state index is 0.534. The number of fused-ring (bicyclic) bond motifs is 18. The van der Waals surface area contributed by atoms with Gasteiger partial charge >= 0.3 is 0 Å². The lowest BCUT2D eigenvalue weighted by Gasteiger charge is -2.25. The third-order valence-electron chi connectivity index (χ3n) is 22.5. The van der Waals surface area contributed by atoms with E-state index >= 15 is 0 Å². The average molecular weight is 1390 g/mol. The second kappa shape index (κ2) is 23.9. The molecule has 0 radical (unpaired) electrons. The number of furan rings is 1. The lowest BCUT2D eigenvalue weighted by Crippen LogP contribution is -2.10. The molecule has 0 aliphatic carbocycles. The molecule has 0 aliphatic rings. The molecule has 0 fully saturated rings. The molecule has 7 heterocycles. The number of hydrogen-bond acceptors (Lipinski definition) is 4. The quantitative estimate of drug-likeness (QED) is 0.129. The molecule has 508 valence electrons. The van der Waals surface area contributed by atoms with Crippen molar-refractivity contribution in [3.63, 3.8) is 0 Å². The first-order valence-corrected chi connectivity index (χ1v) is 37.1. The van der Waals surface area contributed by atoms with Crippen LogP contribution in [0, 0.1) is 0 Å². The van der Waals surface area contributed by atoms with Crippen molar-refractivity contribution in [2.75, 3.05) is 4.90 Å².